The van der Waals surface area contributed by atoms with Gasteiger partial charge in [0.05, 0.1) is 22.6 Å². The molecule has 1 aliphatic heterocycles. The topological polar surface area (TPSA) is 106 Å². The molecule has 0 saturated carbocycles. The number of pyridine rings is 1. The Bertz CT molecular complexity index is 1280. The van der Waals surface area contributed by atoms with Crippen LogP contribution in [0.15, 0.2) is 29.1 Å². The smallest absolute Gasteiger partial charge is 0.356 e. The predicted octanol–water partition coefficient (Wildman–Crippen LogP) is 4.19. The van der Waals surface area contributed by atoms with E-state index in [9.17, 15) is 14.7 Å². The van der Waals surface area contributed by atoms with Crippen molar-refractivity contribution < 1.29 is 14.6 Å². The molecule has 1 unspecified atom stereocenters. The number of hydrogen-bond acceptors (Lipinski definition) is 6. The summed E-state index contributed by atoms with van der Waals surface area (Å²) in [4.78, 5) is 33.7. The van der Waals surface area contributed by atoms with Gasteiger partial charge in [-0.2, -0.15) is 0 Å². The van der Waals surface area contributed by atoms with Gasteiger partial charge in [0.25, 0.3) is 5.56 Å². The third-order valence-corrected chi connectivity index (χ3v) is 6.16. The maximum atomic E-state index is 13.3. The van der Waals surface area contributed by atoms with Crippen LogP contribution < -0.4 is 10.9 Å². The second-order valence-corrected chi connectivity index (χ2v) is 8.82. The molecular formula is C23H25ClN4O4. The standard InChI is InChI=1S/C23H25ClN4O4/c1-12-10-14(13(2)25-16-6-7-17(24)26-19(16)21(30)31)18-15(11-12)20(29)28(4)22(27-18)23(3)8-5-9-32-23/h6-7,10-11,13,25H,5,8-9H2,1-4H3,(H,30,31)/t13-,23?/m1/s1. The highest BCUT2D eigenvalue weighted by Crippen LogP contribution is 2.35. The first kappa shape index (κ1) is 22.2. The summed E-state index contributed by atoms with van der Waals surface area (Å²) < 4.78 is 7.53. The van der Waals surface area contributed by atoms with E-state index in [-0.39, 0.29) is 22.4 Å². The molecule has 3 heterocycles. The number of halogens is 1. The molecular weight excluding hydrogens is 432 g/mol. The lowest BCUT2D eigenvalue weighted by Gasteiger charge is -2.26. The van der Waals surface area contributed by atoms with Gasteiger partial charge in [-0.05, 0) is 57.4 Å². The van der Waals surface area contributed by atoms with Gasteiger partial charge in [-0.1, -0.05) is 17.7 Å². The Kier molecular flexibility index (Phi) is 5.68. The van der Waals surface area contributed by atoms with Crippen molar-refractivity contribution in [2.24, 2.45) is 7.05 Å². The van der Waals surface area contributed by atoms with Crippen LogP contribution in [0.4, 0.5) is 5.69 Å². The van der Waals surface area contributed by atoms with Crippen molar-refractivity contribution in [2.45, 2.75) is 45.3 Å². The molecule has 1 fully saturated rings. The number of carbonyl (C=O) groups is 1. The number of aromatic carboxylic acids is 1. The zero-order chi connectivity index (χ0) is 23.2. The first-order valence-corrected chi connectivity index (χ1v) is 10.8. The summed E-state index contributed by atoms with van der Waals surface area (Å²) in [5.41, 5.74) is 1.66. The highest BCUT2D eigenvalue weighted by Gasteiger charge is 2.36. The Balaban J connectivity index is 1.86. The summed E-state index contributed by atoms with van der Waals surface area (Å²) in [6.45, 7) is 6.39. The molecule has 8 nitrogen and oxygen atoms in total. The SMILES string of the molecule is Cc1cc([C@@H](C)Nc2ccc(Cl)nc2C(=O)O)c2nc(C3(C)CCCO3)n(C)c(=O)c2c1. The molecule has 4 rings (SSSR count). The molecule has 9 heteroatoms. The second-order valence-electron chi connectivity index (χ2n) is 8.43. The molecule has 0 radical (unpaired) electrons. The molecule has 32 heavy (non-hydrogen) atoms. The zero-order valence-corrected chi connectivity index (χ0v) is 19.2. The molecule has 2 aromatic heterocycles. The summed E-state index contributed by atoms with van der Waals surface area (Å²) >= 11 is 5.88. The van der Waals surface area contributed by atoms with Crippen LogP contribution in [0.5, 0.6) is 0 Å². The van der Waals surface area contributed by atoms with E-state index in [1.54, 1.807) is 17.7 Å². The van der Waals surface area contributed by atoms with Gasteiger partial charge < -0.3 is 15.2 Å². The number of carboxylic acids is 1. The Morgan fingerprint density at radius 1 is 1.34 bits per heavy atom. The molecule has 1 aliphatic rings. The first-order chi connectivity index (χ1) is 15.1. The van der Waals surface area contributed by atoms with Crippen molar-refractivity contribution in [3.8, 4) is 0 Å². The fraction of sp³-hybridized carbons (Fsp3) is 0.391. The van der Waals surface area contributed by atoms with Gasteiger partial charge in [-0.15, -0.1) is 0 Å². The molecule has 0 amide bonds. The van der Waals surface area contributed by atoms with Gasteiger partial charge in [0.1, 0.15) is 16.6 Å². The van der Waals surface area contributed by atoms with Crippen molar-refractivity contribution in [1.82, 2.24) is 14.5 Å². The lowest BCUT2D eigenvalue weighted by Crippen LogP contribution is -2.33. The van der Waals surface area contributed by atoms with Gasteiger partial charge >= 0.3 is 5.97 Å². The maximum absolute atomic E-state index is 13.3. The highest BCUT2D eigenvalue weighted by atomic mass is 35.5. The average Bonchev–Trinajstić information content (AvgIpc) is 3.18. The number of nitrogens with zero attached hydrogens (tertiary/aromatic N) is 3. The summed E-state index contributed by atoms with van der Waals surface area (Å²) in [7, 11) is 1.72. The van der Waals surface area contributed by atoms with Crippen molar-refractivity contribution in [3.05, 3.63) is 62.4 Å². The largest absolute Gasteiger partial charge is 0.476 e. The monoisotopic (exact) mass is 456 g/mol. The fourth-order valence-corrected chi connectivity index (χ4v) is 4.48. The van der Waals surface area contributed by atoms with E-state index in [1.165, 1.54) is 6.07 Å². The van der Waals surface area contributed by atoms with Crippen molar-refractivity contribution in [3.63, 3.8) is 0 Å². The number of aromatic nitrogens is 3. The maximum Gasteiger partial charge on any atom is 0.356 e. The molecule has 2 N–H and O–H groups in total. The van der Waals surface area contributed by atoms with Gasteiger partial charge in [0, 0.05) is 19.2 Å². The van der Waals surface area contributed by atoms with Crippen LogP contribution in [0.3, 0.4) is 0 Å². The van der Waals surface area contributed by atoms with Crippen molar-refractivity contribution in [2.75, 3.05) is 11.9 Å². The Morgan fingerprint density at radius 3 is 2.75 bits per heavy atom. The number of benzene rings is 1. The molecule has 0 bridgehead atoms. The third kappa shape index (κ3) is 3.84. The van der Waals surface area contributed by atoms with Crippen LogP contribution in [0.1, 0.15) is 60.2 Å². The van der Waals surface area contributed by atoms with Crippen LogP contribution in [0.25, 0.3) is 10.9 Å². The Morgan fingerprint density at radius 2 is 2.09 bits per heavy atom. The van der Waals surface area contributed by atoms with Crippen LogP contribution in [0, 0.1) is 6.92 Å². The zero-order valence-electron chi connectivity index (χ0n) is 18.4. The summed E-state index contributed by atoms with van der Waals surface area (Å²) in [6, 6.07) is 6.54. The van der Waals surface area contributed by atoms with Crippen molar-refractivity contribution in [1.29, 1.82) is 0 Å². The minimum absolute atomic E-state index is 0.0984. The number of fused-ring (bicyclic) bond motifs is 1. The second kappa shape index (κ2) is 8.18. The minimum atomic E-state index is -1.18. The van der Waals surface area contributed by atoms with Crippen LogP contribution in [0.2, 0.25) is 5.15 Å². The van der Waals surface area contributed by atoms with E-state index in [2.05, 4.69) is 10.3 Å². The molecule has 0 spiro atoms. The molecule has 3 aromatic rings. The highest BCUT2D eigenvalue weighted by molar-refractivity contribution is 6.29. The summed E-state index contributed by atoms with van der Waals surface area (Å²) in [5, 5.41) is 13.3. The average molecular weight is 457 g/mol. The van der Waals surface area contributed by atoms with Gasteiger partial charge in [-0.3, -0.25) is 9.36 Å². The summed E-state index contributed by atoms with van der Waals surface area (Å²) in [6.07, 6.45) is 1.69. The van der Waals surface area contributed by atoms with Crippen LogP contribution >= 0.6 is 11.6 Å². The van der Waals surface area contributed by atoms with Crippen LogP contribution in [-0.4, -0.2) is 32.2 Å². The number of aryl methyl sites for hydroxylation is 1. The number of nitrogens with one attached hydrogen (secondary N) is 1. The number of rotatable bonds is 5. The lowest BCUT2D eigenvalue weighted by atomic mass is 9.98. The van der Waals surface area contributed by atoms with E-state index >= 15 is 0 Å². The molecule has 1 saturated heterocycles. The van der Waals surface area contributed by atoms with Gasteiger partial charge in [0.2, 0.25) is 0 Å². The fourth-order valence-electron chi connectivity index (χ4n) is 4.34. The van der Waals surface area contributed by atoms with E-state index in [0.29, 0.717) is 29.0 Å². The van der Waals surface area contributed by atoms with E-state index in [1.807, 2.05) is 32.9 Å². The Hall–Kier alpha value is -2.97. The third-order valence-electron chi connectivity index (χ3n) is 5.95. The number of anilines is 1. The number of hydrogen-bond donors (Lipinski definition) is 2. The quantitative estimate of drug-likeness (QED) is 0.554. The molecule has 0 aliphatic carbocycles. The first-order valence-electron chi connectivity index (χ1n) is 10.4. The normalized spacial score (nSPS) is 19.3. The molecule has 168 valence electrons. The number of ether oxygens (including phenoxy) is 1. The Labute approximate surface area is 190 Å². The van der Waals surface area contributed by atoms with Gasteiger partial charge in [0.15, 0.2) is 5.69 Å². The van der Waals surface area contributed by atoms with E-state index in [4.69, 9.17) is 21.3 Å². The molecule has 2 atom stereocenters. The van der Waals surface area contributed by atoms with Gasteiger partial charge in [-0.25, -0.2) is 14.8 Å². The minimum Gasteiger partial charge on any atom is -0.476 e. The predicted molar refractivity (Wildman–Crippen MR) is 123 cm³/mol. The number of carboxylic acid groups (broad SMARTS) is 1. The molecule has 1 aromatic carbocycles. The summed E-state index contributed by atoms with van der Waals surface area (Å²) in [5.74, 6) is -0.596. The van der Waals surface area contributed by atoms with Crippen LogP contribution in [-0.2, 0) is 17.4 Å². The van der Waals surface area contributed by atoms with Crippen molar-refractivity contribution >= 4 is 34.2 Å². The van der Waals surface area contributed by atoms with E-state index in [0.717, 1.165) is 24.0 Å². The van der Waals surface area contributed by atoms with E-state index < -0.39 is 11.6 Å². The lowest BCUT2D eigenvalue weighted by molar-refractivity contribution is 0.00636.